The lowest BCUT2D eigenvalue weighted by Gasteiger charge is -2.32. The average molecular weight is 389 g/mol. The van der Waals surface area contributed by atoms with Crippen LogP contribution in [0.3, 0.4) is 0 Å². The number of para-hydroxylation sites is 1. The summed E-state index contributed by atoms with van der Waals surface area (Å²) in [7, 11) is 0. The molecule has 1 fully saturated rings. The van der Waals surface area contributed by atoms with E-state index in [1.165, 1.54) is 4.57 Å². The number of fused-ring (bicyclic) bond motifs is 1. The number of ether oxygens (including phenoxy) is 2. The van der Waals surface area contributed by atoms with Crippen molar-refractivity contribution in [3.63, 3.8) is 0 Å². The third-order valence-electron chi connectivity index (χ3n) is 4.46. The number of halogens is 1. The molecule has 27 heavy (non-hydrogen) atoms. The summed E-state index contributed by atoms with van der Waals surface area (Å²) in [4.78, 5) is 24.1. The highest BCUT2D eigenvalue weighted by atomic mass is 35.5. The van der Waals surface area contributed by atoms with Crippen LogP contribution in [-0.2, 0) is 4.74 Å². The van der Waals surface area contributed by atoms with Crippen LogP contribution >= 0.6 is 12.4 Å². The van der Waals surface area contributed by atoms with Crippen LogP contribution in [0.1, 0.15) is 6.92 Å². The van der Waals surface area contributed by atoms with Gasteiger partial charge in [0.05, 0.1) is 24.1 Å². The van der Waals surface area contributed by atoms with Crippen LogP contribution in [-0.4, -0.2) is 52.0 Å². The van der Waals surface area contributed by atoms with E-state index in [0.717, 1.165) is 13.1 Å². The molecule has 3 heterocycles. The Morgan fingerprint density at radius 1 is 1.11 bits per heavy atom. The van der Waals surface area contributed by atoms with Gasteiger partial charge in [0.15, 0.2) is 6.23 Å². The number of pyridine rings is 1. The first-order chi connectivity index (χ1) is 12.7. The van der Waals surface area contributed by atoms with Gasteiger partial charge in [-0.25, -0.2) is 9.55 Å². The third-order valence-corrected chi connectivity index (χ3v) is 4.46. The molecule has 7 nitrogen and oxygen atoms in total. The highest BCUT2D eigenvalue weighted by Crippen LogP contribution is 2.18. The highest BCUT2D eigenvalue weighted by molar-refractivity contribution is 5.85. The quantitative estimate of drug-likeness (QED) is 0.682. The summed E-state index contributed by atoms with van der Waals surface area (Å²) < 4.78 is 12.9. The molecular formula is C19H21ClN4O3. The maximum Gasteiger partial charge on any atom is 0.307 e. The lowest BCUT2D eigenvalue weighted by Crippen LogP contribution is -2.45. The number of hydrogen-bond acceptors (Lipinski definition) is 6. The van der Waals surface area contributed by atoms with E-state index in [2.05, 4.69) is 14.9 Å². The summed E-state index contributed by atoms with van der Waals surface area (Å²) in [6.07, 6.45) is 1.41. The maximum absolute atomic E-state index is 13.1. The van der Waals surface area contributed by atoms with Gasteiger partial charge in [-0.05, 0) is 31.2 Å². The van der Waals surface area contributed by atoms with Crippen molar-refractivity contribution in [1.82, 2.24) is 19.4 Å². The van der Waals surface area contributed by atoms with Gasteiger partial charge < -0.3 is 9.47 Å². The van der Waals surface area contributed by atoms with Gasteiger partial charge in [0.25, 0.3) is 5.56 Å². The van der Waals surface area contributed by atoms with Crippen molar-refractivity contribution in [2.24, 2.45) is 0 Å². The van der Waals surface area contributed by atoms with Crippen molar-refractivity contribution in [1.29, 1.82) is 0 Å². The molecule has 0 spiro atoms. The van der Waals surface area contributed by atoms with E-state index < -0.39 is 0 Å². The molecule has 4 rings (SSSR count). The Morgan fingerprint density at radius 2 is 1.85 bits per heavy atom. The second kappa shape index (κ2) is 8.47. The Kier molecular flexibility index (Phi) is 6.05. The lowest BCUT2D eigenvalue weighted by atomic mass is 10.2. The number of morpholine rings is 1. The van der Waals surface area contributed by atoms with Gasteiger partial charge in [-0.2, -0.15) is 4.98 Å². The average Bonchev–Trinajstić information content (AvgIpc) is 2.69. The summed E-state index contributed by atoms with van der Waals surface area (Å²) in [6, 6.07) is 12.9. The Bertz CT molecular complexity index is 958. The first kappa shape index (κ1) is 19.3. The Morgan fingerprint density at radius 3 is 2.59 bits per heavy atom. The van der Waals surface area contributed by atoms with Crippen molar-refractivity contribution in [2.75, 3.05) is 26.3 Å². The zero-order valence-electron chi connectivity index (χ0n) is 14.9. The molecule has 1 aliphatic heterocycles. The number of rotatable bonds is 4. The zero-order valence-corrected chi connectivity index (χ0v) is 15.8. The van der Waals surface area contributed by atoms with E-state index >= 15 is 0 Å². The Hall–Kier alpha value is -2.48. The molecular weight excluding hydrogens is 368 g/mol. The molecule has 2 aromatic heterocycles. The smallest absolute Gasteiger partial charge is 0.307 e. The number of benzene rings is 1. The van der Waals surface area contributed by atoms with Gasteiger partial charge >= 0.3 is 6.01 Å². The molecule has 1 aromatic carbocycles. The van der Waals surface area contributed by atoms with E-state index in [9.17, 15) is 4.79 Å². The molecule has 1 aliphatic rings. The minimum Gasteiger partial charge on any atom is -0.445 e. The fourth-order valence-corrected chi connectivity index (χ4v) is 3.05. The number of nitrogens with zero attached hydrogens (tertiary/aromatic N) is 4. The van der Waals surface area contributed by atoms with Crippen LogP contribution in [0, 0.1) is 0 Å². The van der Waals surface area contributed by atoms with E-state index in [1.807, 2.05) is 31.2 Å². The molecule has 0 radical (unpaired) electrons. The normalized spacial score (nSPS) is 15.9. The largest absolute Gasteiger partial charge is 0.445 e. The molecule has 3 aromatic rings. The van der Waals surface area contributed by atoms with Crippen molar-refractivity contribution in [3.8, 4) is 11.8 Å². The maximum atomic E-state index is 13.1. The summed E-state index contributed by atoms with van der Waals surface area (Å²) in [5.74, 6) is 0.486. The van der Waals surface area contributed by atoms with Crippen LogP contribution < -0.4 is 10.3 Å². The van der Waals surface area contributed by atoms with Crippen molar-refractivity contribution in [2.45, 2.75) is 13.2 Å². The molecule has 0 N–H and O–H groups in total. The second-order valence-electron chi connectivity index (χ2n) is 6.11. The van der Waals surface area contributed by atoms with Crippen molar-refractivity contribution >= 4 is 23.3 Å². The number of hydrogen-bond donors (Lipinski definition) is 0. The van der Waals surface area contributed by atoms with Crippen LogP contribution in [0.15, 0.2) is 53.5 Å². The van der Waals surface area contributed by atoms with Crippen LogP contribution in [0.25, 0.3) is 16.7 Å². The van der Waals surface area contributed by atoms with Crippen molar-refractivity contribution < 1.29 is 9.47 Å². The standard InChI is InChI=1S/C19H20N4O3.ClH/c1-14(22-10-12-25-13-11-22)26-19-21-16-7-3-2-6-15(16)18(24)23(19)17-8-4-5-9-20-17;/h2-9,14H,10-13H2,1H3;1H. The van der Waals surface area contributed by atoms with Gasteiger partial charge in [-0.3, -0.25) is 9.69 Å². The minimum atomic E-state index is -0.234. The molecule has 8 heteroatoms. The monoisotopic (exact) mass is 388 g/mol. The molecule has 0 amide bonds. The van der Waals surface area contributed by atoms with E-state index in [-0.39, 0.29) is 30.2 Å². The molecule has 0 aliphatic carbocycles. The van der Waals surface area contributed by atoms with E-state index in [1.54, 1.807) is 24.4 Å². The second-order valence-corrected chi connectivity index (χ2v) is 6.11. The summed E-state index contributed by atoms with van der Waals surface area (Å²) in [5.41, 5.74) is 0.410. The van der Waals surface area contributed by atoms with Crippen LogP contribution in [0.2, 0.25) is 0 Å². The van der Waals surface area contributed by atoms with Crippen LogP contribution in [0.5, 0.6) is 6.01 Å². The SMILES string of the molecule is CC(Oc1nc2ccccc2c(=O)n1-c1ccccn1)N1CCOCC1.Cl. The Balaban J connectivity index is 0.00000210. The van der Waals surface area contributed by atoms with E-state index in [4.69, 9.17) is 9.47 Å². The van der Waals surface area contributed by atoms with Gasteiger partial charge in [0.1, 0.15) is 5.82 Å². The predicted octanol–water partition coefficient (Wildman–Crippen LogP) is 2.26. The van der Waals surface area contributed by atoms with Crippen molar-refractivity contribution in [3.05, 3.63) is 59.0 Å². The van der Waals surface area contributed by atoms with Gasteiger partial charge in [0, 0.05) is 19.3 Å². The topological polar surface area (TPSA) is 69.5 Å². The van der Waals surface area contributed by atoms with Gasteiger partial charge in [-0.15, -0.1) is 12.4 Å². The molecule has 0 saturated carbocycles. The fourth-order valence-electron chi connectivity index (χ4n) is 3.05. The minimum absolute atomic E-state index is 0. The molecule has 1 saturated heterocycles. The van der Waals surface area contributed by atoms with E-state index in [0.29, 0.717) is 29.9 Å². The lowest BCUT2D eigenvalue weighted by molar-refractivity contribution is -0.0413. The Labute approximate surface area is 163 Å². The summed E-state index contributed by atoms with van der Waals surface area (Å²) >= 11 is 0. The first-order valence-corrected chi connectivity index (χ1v) is 8.66. The zero-order chi connectivity index (χ0) is 17.9. The molecule has 1 atom stereocenters. The molecule has 0 bridgehead atoms. The predicted molar refractivity (Wildman–Crippen MR) is 105 cm³/mol. The summed E-state index contributed by atoms with van der Waals surface area (Å²) in [6.45, 7) is 4.86. The van der Waals surface area contributed by atoms with Crippen LogP contribution in [0.4, 0.5) is 0 Å². The highest BCUT2D eigenvalue weighted by Gasteiger charge is 2.22. The third kappa shape index (κ3) is 3.95. The molecule has 142 valence electrons. The molecule has 1 unspecified atom stereocenters. The van der Waals surface area contributed by atoms with Gasteiger partial charge in [0.2, 0.25) is 0 Å². The fraction of sp³-hybridized carbons (Fsp3) is 0.316. The first-order valence-electron chi connectivity index (χ1n) is 8.66. The number of aromatic nitrogens is 3. The van der Waals surface area contributed by atoms with Gasteiger partial charge in [-0.1, -0.05) is 18.2 Å². The summed E-state index contributed by atoms with van der Waals surface area (Å²) in [5, 5.41) is 0.532.